The van der Waals surface area contributed by atoms with Gasteiger partial charge in [-0.2, -0.15) is 13.2 Å². The molecule has 0 spiro atoms. The Kier molecular flexibility index (Phi) is 6.21. The molecule has 3 rings (SSSR count). The Morgan fingerprint density at radius 1 is 0.926 bits per heavy atom. The maximum atomic E-state index is 12.9. The van der Waals surface area contributed by atoms with E-state index in [1.165, 1.54) is 24.3 Å². The van der Waals surface area contributed by atoms with Gasteiger partial charge < -0.3 is 9.64 Å². The van der Waals surface area contributed by atoms with Gasteiger partial charge >= 0.3 is 6.18 Å². The van der Waals surface area contributed by atoms with Gasteiger partial charge in [-0.15, -0.1) is 0 Å². The largest absolute Gasteiger partial charge is 0.494 e. The summed E-state index contributed by atoms with van der Waals surface area (Å²) in [5.74, 6) is 0.353. The molecule has 0 saturated carbocycles. The number of halogens is 4. The van der Waals surface area contributed by atoms with Crippen molar-refractivity contribution < 1.29 is 22.3 Å². The number of piperazine rings is 1. The Labute approximate surface area is 156 Å². The van der Waals surface area contributed by atoms with Gasteiger partial charge in [0.25, 0.3) is 0 Å². The minimum Gasteiger partial charge on any atom is -0.494 e. The van der Waals surface area contributed by atoms with Crippen LogP contribution in [0.25, 0.3) is 0 Å². The number of nitrogens with zero attached hydrogens (tertiary/aromatic N) is 2. The Morgan fingerprint density at radius 3 is 2.30 bits per heavy atom. The van der Waals surface area contributed by atoms with Gasteiger partial charge in [-0.25, -0.2) is 4.39 Å². The molecule has 0 N–H and O–H groups in total. The fraction of sp³-hybridized carbons (Fsp3) is 0.400. The maximum Gasteiger partial charge on any atom is 0.416 e. The highest BCUT2D eigenvalue weighted by molar-refractivity contribution is 5.49. The Bertz CT molecular complexity index is 726. The third-order valence-corrected chi connectivity index (χ3v) is 4.61. The van der Waals surface area contributed by atoms with Crippen molar-refractivity contribution in [3.63, 3.8) is 0 Å². The van der Waals surface area contributed by atoms with Gasteiger partial charge in [0.05, 0.1) is 12.2 Å². The number of ether oxygens (including phenoxy) is 1. The molecule has 0 aromatic heterocycles. The third-order valence-electron chi connectivity index (χ3n) is 4.61. The fourth-order valence-electron chi connectivity index (χ4n) is 3.12. The SMILES string of the molecule is Fc1ccc(OCCCN2CCN(c3cccc(C(F)(F)F)c3)CC2)cc1. The zero-order chi connectivity index (χ0) is 19.3. The van der Waals surface area contributed by atoms with Crippen LogP contribution >= 0.6 is 0 Å². The average molecular weight is 382 g/mol. The number of rotatable bonds is 6. The molecule has 0 bridgehead atoms. The summed E-state index contributed by atoms with van der Waals surface area (Å²) in [5.41, 5.74) is 0.00416. The minimum atomic E-state index is -4.32. The molecule has 2 aromatic rings. The quantitative estimate of drug-likeness (QED) is 0.543. The standard InChI is InChI=1S/C20H22F4N2O/c21-17-5-7-19(8-6-17)27-14-2-9-25-10-12-26(13-11-25)18-4-1-3-16(15-18)20(22,23)24/h1,3-8,15H,2,9-14H2. The second-order valence-electron chi connectivity index (χ2n) is 6.53. The molecule has 1 aliphatic heterocycles. The predicted molar refractivity (Wildman–Crippen MR) is 96.6 cm³/mol. The van der Waals surface area contributed by atoms with E-state index in [9.17, 15) is 17.6 Å². The minimum absolute atomic E-state index is 0.291. The van der Waals surface area contributed by atoms with Crippen molar-refractivity contribution in [1.29, 1.82) is 0 Å². The van der Waals surface area contributed by atoms with E-state index in [1.807, 2.05) is 4.90 Å². The van der Waals surface area contributed by atoms with Gasteiger partial charge in [-0.1, -0.05) is 6.07 Å². The van der Waals surface area contributed by atoms with E-state index < -0.39 is 11.7 Å². The van der Waals surface area contributed by atoms with Crippen LogP contribution < -0.4 is 9.64 Å². The van der Waals surface area contributed by atoms with Crippen LogP contribution in [0.1, 0.15) is 12.0 Å². The first-order valence-electron chi connectivity index (χ1n) is 8.95. The monoisotopic (exact) mass is 382 g/mol. The van der Waals surface area contributed by atoms with Crippen LogP contribution in [0.2, 0.25) is 0 Å². The van der Waals surface area contributed by atoms with E-state index in [0.29, 0.717) is 31.1 Å². The molecule has 0 radical (unpaired) electrons. The van der Waals surface area contributed by atoms with Crippen molar-refractivity contribution in [1.82, 2.24) is 4.90 Å². The van der Waals surface area contributed by atoms with E-state index >= 15 is 0 Å². The molecule has 27 heavy (non-hydrogen) atoms. The van der Waals surface area contributed by atoms with Crippen LogP contribution in [-0.2, 0) is 6.18 Å². The first-order chi connectivity index (χ1) is 12.9. The Morgan fingerprint density at radius 2 is 1.63 bits per heavy atom. The molecule has 0 aliphatic carbocycles. The molecule has 1 fully saturated rings. The number of hydrogen-bond donors (Lipinski definition) is 0. The highest BCUT2D eigenvalue weighted by Gasteiger charge is 2.31. The molecule has 1 saturated heterocycles. The molecule has 7 heteroatoms. The lowest BCUT2D eigenvalue weighted by Gasteiger charge is -2.36. The molecule has 0 atom stereocenters. The van der Waals surface area contributed by atoms with Crippen molar-refractivity contribution in [2.75, 3.05) is 44.2 Å². The number of alkyl halides is 3. The smallest absolute Gasteiger partial charge is 0.416 e. The normalized spacial score (nSPS) is 15.8. The zero-order valence-corrected chi connectivity index (χ0v) is 14.9. The number of hydrogen-bond acceptors (Lipinski definition) is 3. The summed E-state index contributed by atoms with van der Waals surface area (Å²) in [6, 6.07) is 11.4. The van der Waals surface area contributed by atoms with Gasteiger partial charge in [0.2, 0.25) is 0 Å². The maximum absolute atomic E-state index is 12.9. The van der Waals surface area contributed by atoms with E-state index in [0.717, 1.165) is 32.1 Å². The molecule has 0 unspecified atom stereocenters. The second-order valence-corrected chi connectivity index (χ2v) is 6.53. The topological polar surface area (TPSA) is 15.7 Å². The highest BCUT2D eigenvalue weighted by atomic mass is 19.4. The van der Waals surface area contributed by atoms with Crippen LogP contribution in [0.5, 0.6) is 5.75 Å². The van der Waals surface area contributed by atoms with Crippen molar-refractivity contribution >= 4 is 5.69 Å². The molecule has 146 valence electrons. The average Bonchev–Trinajstić information content (AvgIpc) is 2.67. The Hall–Kier alpha value is -2.28. The number of anilines is 1. The van der Waals surface area contributed by atoms with Crippen LogP contribution in [0.4, 0.5) is 23.2 Å². The number of benzene rings is 2. The lowest BCUT2D eigenvalue weighted by molar-refractivity contribution is -0.137. The highest BCUT2D eigenvalue weighted by Crippen LogP contribution is 2.31. The predicted octanol–water partition coefficient (Wildman–Crippen LogP) is 4.44. The summed E-state index contributed by atoms with van der Waals surface area (Å²) in [4.78, 5) is 4.26. The summed E-state index contributed by atoms with van der Waals surface area (Å²) in [6.07, 6.45) is -3.48. The summed E-state index contributed by atoms with van der Waals surface area (Å²) < 4.78 is 57.0. The van der Waals surface area contributed by atoms with E-state index in [2.05, 4.69) is 4.90 Å². The third kappa shape index (κ3) is 5.60. The van der Waals surface area contributed by atoms with Gasteiger partial charge in [0.1, 0.15) is 11.6 Å². The first kappa shape index (κ1) is 19.5. The summed E-state index contributed by atoms with van der Waals surface area (Å²) >= 11 is 0. The van der Waals surface area contributed by atoms with Gasteiger partial charge in [-0.3, -0.25) is 4.90 Å². The molecule has 1 heterocycles. The van der Waals surface area contributed by atoms with E-state index in [-0.39, 0.29) is 5.82 Å². The zero-order valence-electron chi connectivity index (χ0n) is 14.9. The van der Waals surface area contributed by atoms with Crippen molar-refractivity contribution in [2.24, 2.45) is 0 Å². The van der Waals surface area contributed by atoms with E-state index in [1.54, 1.807) is 18.2 Å². The second kappa shape index (κ2) is 8.61. The Balaban J connectivity index is 1.41. The first-order valence-corrected chi connectivity index (χ1v) is 8.95. The molecule has 0 amide bonds. The molecule has 1 aliphatic rings. The summed E-state index contributed by atoms with van der Waals surface area (Å²) in [6.45, 7) is 4.39. The van der Waals surface area contributed by atoms with E-state index in [4.69, 9.17) is 4.74 Å². The summed E-state index contributed by atoms with van der Waals surface area (Å²) in [5, 5.41) is 0. The van der Waals surface area contributed by atoms with Gasteiger partial charge in [-0.05, 0) is 48.9 Å². The molecular formula is C20H22F4N2O. The van der Waals surface area contributed by atoms with Crippen LogP contribution in [-0.4, -0.2) is 44.2 Å². The molecule has 3 nitrogen and oxygen atoms in total. The van der Waals surface area contributed by atoms with Crippen LogP contribution in [0.3, 0.4) is 0 Å². The lowest BCUT2D eigenvalue weighted by atomic mass is 10.1. The fourth-order valence-corrected chi connectivity index (χ4v) is 3.12. The van der Waals surface area contributed by atoms with Crippen LogP contribution in [0, 0.1) is 5.82 Å². The molecular weight excluding hydrogens is 360 g/mol. The molecule has 2 aromatic carbocycles. The van der Waals surface area contributed by atoms with Gasteiger partial charge in [0, 0.05) is 38.4 Å². The summed E-state index contributed by atoms with van der Waals surface area (Å²) in [7, 11) is 0. The van der Waals surface area contributed by atoms with Crippen LogP contribution in [0.15, 0.2) is 48.5 Å². The van der Waals surface area contributed by atoms with Crippen molar-refractivity contribution in [2.45, 2.75) is 12.6 Å². The van der Waals surface area contributed by atoms with Crippen molar-refractivity contribution in [3.05, 3.63) is 59.9 Å². The van der Waals surface area contributed by atoms with Gasteiger partial charge in [0.15, 0.2) is 0 Å². The lowest BCUT2D eigenvalue weighted by Crippen LogP contribution is -2.46. The van der Waals surface area contributed by atoms with Crippen molar-refractivity contribution in [3.8, 4) is 5.75 Å².